The summed E-state index contributed by atoms with van der Waals surface area (Å²) in [6, 6.07) is 0.222. The summed E-state index contributed by atoms with van der Waals surface area (Å²) >= 11 is 0. The predicted molar refractivity (Wildman–Crippen MR) is 49.3 cm³/mol. The predicted octanol–water partition coefficient (Wildman–Crippen LogP) is 1.70. The van der Waals surface area contributed by atoms with Crippen molar-refractivity contribution >= 4 is 5.84 Å². The smallest absolute Gasteiger partial charge is 0.129 e. The van der Waals surface area contributed by atoms with Crippen molar-refractivity contribution < 1.29 is 4.42 Å². The highest BCUT2D eigenvalue weighted by molar-refractivity contribution is 5.98. The third kappa shape index (κ3) is 1.87. The van der Waals surface area contributed by atoms with Gasteiger partial charge >= 0.3 is 0 Å². The average Bonchev–Trinajstić information content (AvgIpc) is 2.33. The van der Waals surface area contributed by atoms with E-state index in [4.69, 9.17) is 10.2 Å². The van der Waals surface area contributed by atoms with Gasteiger partial charge in [0.05, 0.1) is 11.8 Å². The number of aliphatic imine (C=N–C) groups is 1. The first-order chi connectivity index (χ1) is 5.61. The maximum atomic E-state index is 5.73. The van der Waals surface area contributed by atoms with E-state index >= 15 is 0 Å². The molecule has 2 N–H and O–H groups in total. The molecule has 0 spiro atoms. The van der Waals surface area contributed by atoms with E-state index in [1.807, 2.05) is 20.8 Å². The molecule has 0 aromatic carbocycles. The van der Waals surface area contributed by atoms with Crippen molar-refractivity contribution in [2.45, 2.75) is 26.8 Å². The van der Waals surface area contributed by atoms with Gasteiger partial charge in [0.2, 0.25) is 0 Å². The Balaban J connectivity index is 2.92. The molecule has 1 rings (SSSR count). The zero-order chi connectivity index (χ0) is 9.14. The number of furan rings is 1. The number of aryl methyl sites for hydroxylation is 1. The minimum atomic E-state index is 0.222. The van der Waals surface area contributed by atoms with Crippen LogP contribution in [0.1, 0.15) is 25.0 Å². The number of nitrogens with two attached hydrogens (primary N) is 1. The Morgan fingerprint density at radius 1 is 1.50 bits per heavy atom. The summed E-state index contributed by atoms with van der Waals surface area (Å²) in [4.78, 5) is 4.22. The number of rotatable bonds is 2. The molecule has 0 aliphatic carbocycles. The van der Waals surface area contributed by atoms with Crippen LogP contribution in [0.2, 0.25) is 0 Å². The second-order valence-corrected chi connectivity index (χ2v) is 3.08. The summed E-state index contributed by atoms with van der Waals surface area (Å²) in [7, 11) is 0. The number of nitrogens with zero attached hydrogens (tertiary/aromatic N) is 1. The molecule has 12 heavy (non-hydrogen) atoms. The Kier molecular flexibility index (Phi) is 2.53. The fraction of sp³-hybridized carbons (Fsp3) is 0.444. The van der Waals surface area contributed by atoms with Gasteiger partial charge in [0.1, 0.15) is 12.1 Å². The van der Waals surface area contributed by atoms with E-state index in [-0.39, 0.29) is 6.04 Å². The second-order valence-electron chi connectivity index (χ2n) is 3.08. The monoisotopic (exact) mass is 166 g/mol. The quantitative estimate of drug-likeness (QED) is 0.537. The SMILES string of the molecule is Cc1cocc1C(N)=NC(C)C. The first-order valence-corrected chi connectivity index (χ1v) is 3.97. The van der Waals surface area contributed by atoms with E-state index in [0.717, 1.165) is 11.1 Å². The largest absolute Gasteiger partial charge is 0.472 e. The van der Waals surface area contributed by atoms with Crippen LogP contribution in [0.15, 0.2) is 21.9 Å². The fourth-order valence-electron chi connectivity index (χ4n) is 0.971. The highest BCUT2D eigenvalue weighted by Gasteiger charge is 2.04. The molecule has 1 aromatic heterocycles. The minimum absolute atomic E-state index is 0.222. The molecule has 3 nitrogen and oxygen atoms in total. The van der Waals surface area contributed by atoms with Gasteiger partial charge in [-0.2, -0.15) is 0 Å². The maximum Gasteiger partial charge on any atom is 0.129 e. The summed E-state index contributed by atoms with van der Waals surface area (Å²) in [5.74, 6) is 0.552. The molecule has 0 aliphatic heterocycles. The van der Waals surface area contributed by atoms with Crippen LogP contribution in [0, 0.1) is 6.92 Å². The van der Waals surface area contributed by atoms with Crippen molar-refractivity contribution in [1.82, 2.24) is 0 Å². The molecule has 0 saturated carbocycles. The molecule has 3 heteroatoms. The van der Waals surface area contributed by atoms with Crippen LogP contribution in [0.25, 0.3) is 0 Å². The van der Waals surface area contributed by atoms with Crippen molar-refractivity contribution in [2.75, 3.05) is 0 Å². The number of hydrogen-bond acceptors (Lipinski definition) is 2. The zero-order valence-electron chi connectivity index (χ0n) is 7.66. The van der Waals surface area contributed by atoms with Gasteiger partial charge in [0.25, 0.3) is 0 Å². The number of hydrogen-bond donors (Lipinski definition) is 1. The Morgan fingerprint density at radius 3 is 2.58 bits per heavy atom. The Bertz CT molecular complexity index is 286. The summed E-state index contributed by atoms with van der Waals surface area (Å²) in [5, 5.41) is 0. The van der Waals surface area contributed by atoms with Gasteiger partial charge in [-0.15, -0.1) is 0 Å². The lowest BCUT2D eigenvalue weighted by atomic mass is 10.2. The molecular weight excluding hydrogens is 152 g/mol. The fourth-order valence-corrected chi connectivity index (χ4v) is 0.971. The third-order valence-corrected chi connectivity index (χ3v) is 1.53. The highest BCUT2D eigenvalue weighted by Crippen LogP contribution is 2.08. The molecule has 0 atom stereocenters. The molecule has 0 bridgehead atoms. The zero-order valence-corrected chi connectivity index (χ0v) is 7.66. The summed E-state index contributed by atoms with van der Waals surface area (Å²) in [6.45, 7) is 5.92. The molecule has 0 saturated heterocycles. The van der Waals surface area contributed by atoms with Gasteiger partial charge in [-0.05, 0) is 26.3 Å². The molecule has 0 fully saturated rings. The lowest BCUT2D eigenvalue weighted by Gasteiger charge is -2.00. The maximum absolute atomic E-state index is 5.73. The van der Waals surface area contributed by atoms with Crippen molar-refractivity contribution in [1.29, 1.82) is 0 Å². The van der Waals surface area contributed by atoms with Crippen molar-refractivity contribution in [3.8, 4) is 0 Å². The second kappa shape index (κ2) is 3.43. The van der Waals surface area contributed by atoms with Crippen LogP contribution in [-0.2, 0) is 0 Å². The average molecular weight is 166 g/mol. The van der Waals surface area contributed by atoms with Crippen LogP contribution in [0.4, 0.5) is 0 Å². The van der Waals surface area contributed by atoms with Gasteiger partial charge in [-0.1, -0.05) is 0 Å². The normalized spacial score (nSPS) is 12.5. The summed E-state index contributed by atoms with van der Waals surface area (Å²) in [6.07, 6.45) is 3.29. The van der Waals surface area contributed by atoms with Crippen molar-refractivity contribution in [2.24, 2.45) is 10.7 Å². The minimum Gasteiger partial charge on any atom is -0.472 e. The Labute approximate surface area is 72.3 Å². The van der Waals surface area contributed by atoms with Gasteiger partial charge in [0, 0.05) is 6.04 Å². The first-order valence-electron chi connectivity index (χ1n) is 3.97. The van der Waals surface area contributed by atoms with E-state index in [9.17, 15) is 0 Å². The lowest BCUT2D eigenvalue weighted by molar-refractivity contribution is 0.565. The van der Waals surface area contributed by atoms with Crippen LogP contribution in [0.3, 0.4) is 0 Å². The Hall–Kier alpha value is -1.25. The van der Waals surface area contributed by atoms with Crippen LogP contribution in [0.5, 0.6) is 0 Å². The lowest BCUT2D eigenvalue weighted by Crippen LogP contribution is -2.15. The van der Waals surface area contributed by atoms with E-state index in [1.165, 1.54) is 0 Å². The molecule has 0 unspecified atom stereocenters. The Morgan fingerprint density at radius 2 is 2.17 bits per heavy atom. The molecule has 0 amide bonds. The molecule has 1 aromatic rings. The van der Waals surface area contributed by atoms with E-state index < -0.39 is 0 Å². The van der Waals surface area contributed by atoms with Gasteiger partial charge in [-0.3, -0.25) is 4.99 Å². The van der Waals surface area contributed by atoms with Crippen LogP contribution in [-0.4, -0.2) is 11.9 Å². The number of amidine groups is 1. The summed E-state index contributed by atoms with van der Waals surface area (Å²) in [5.41, 5.74) is 7.65. The standard InChI is InChI=1S/C9H14N2O/c1-6(2)11-9(10)8-5-12-4-7(8)3/h4-6H,1-3H3,(H2,10,11). The van der Waals surface area contributed by atoms with Gasteiger partial charge in [0.15, 0.2) is 0 Å². The molecule has 1 heterocycles. The van der Waals surface area contributed by atoms with Crippen LogP contribution < -0.4 is 5.73 Å². The van der Waals surface area contributed by atoms with E-state index in [2.05, 4.69) is 4.99 Å². The van der Waals surface area contributed by atoms with Gasteiger partial charge in [-0.25, -0.2) is 0 Å². The summed E-state index contributed by atoms with van der Waals surface area (Å²) < 4.78 is 4.99. The molecule has 0 aliphatic rings. The van der Waals surface area contributed by atoms with Crippen LogP contribution >= 0.6 is 0 Å². The van der Waals surface area contributed by atoms with Gasteiger partial charge < -0.3 is 10.2 Å². The topological polar surface area (TPSA) is 51.5 Å². The van der Waals surface area contributed by atoms with E-state index in [1.54, 1.807) is 12.5 Å². The molecule has 0 radical (unpaired) electrons. The highest BCUT2D eigenvalue weighted by atomic mass is 16.3. The van der Waals surface area contributed by atoms with Crippen molar-refractivity contribution in [3.05, 3.63) is 23.7 Å². The third-order valence-electron chi connectivity index (χ3n) is 1.53. The van der Waals surface area contributed by atoms with Crippen molar-refractivity contribution in [3.63, 3.8) is 0 Å². The first kappa shape index (κ1) is 8.84. The molecular formula is C9H14N2O. The molecule has 66 valence electrons. The van der Waals surface area contributed by atoms with E-state index in [0.29, 0.717) is 5.84 Å².